The van der Waals surface area contributed by atoms with Crippen LogP contribution >= 0.6 is 0 Å². The fourth-order valence-electron chi connectivity index (χ4n) is 1.33. The average Bonchev–Trinajstić information content (AvgIpc) is 2.33. The summed E-state index contributed by atoms with van der Waals surface area (Å²) in [5.74, 6) is -0.403. The lowest BCUT2D eigenvalue weighted by Crippen LogP contribution is -2.30. The Labute approximate surface area is 93.8 Å². The van der Waals surface area contributed by atoms with Gasteiger partial charge in [-0.2, -0.15) is 0 Å². The van der Waals surface area contributed by atoms with E-state index in [1.165, 1.54) is 11.3 Å². The van der Waals surface area contributed by atoms with Gasteiger partial charge < -0.3 is 4.84 Å². The summed E-state index contributed by atoms with van der Waals surface area (Å²) in [4.78, 5) is 20.8. The molecule has 1 atom stereocenters. The zero-order valence-corrected chi connectivity index (χ0v) is 8.91. The fraction of sp³-hybridized carbons (Fsp3) is 0.167. The number of hydrogen-bond acceptors (Lipinski definition) is 4. The van der Waals surface area contributed by atoms with Crippen LogP contribution in [-0.4, -0.2) is 22.1 Å². The van der Waals surface area contributed by atoms with Crippen LogP contribution in [0.2, 0.25) is 0 Å². The molecular formula is C12H12N2O2. The smallest absolute Gasteiger partial charge is 0.335 e. The van der Waals surface area contributed by atoms with Crippen LogP contribution in [0, 0.1) is 0 Å². The second kappa shape index (κ2) is 4.61. The molecule has 0 aliphatic carbocycles. The summed E-state index contributed by atoms with van der Waals surface area (Å²) in [5, 5.41) is 1.51. The molecule has 1 unspecified atom stereocenters. The quantitative estimate of drug-likeness (QED) is 0.757. The zero-order chi connectivity index (χ0) is 11.4. The molecule has 82 valence electrons. The summed E-state index contributed by atoms with van der Waals surface area (Å²) in [6, 6.07) is 3.42. The standard InChI is InChI=1S/C12H12N2O2/c1-10-5-2-3-8-14(10)16-12(15)11-6-4-7-13-9-11/h2-10H,1H3. The Morgan fingerprint density at radius 1 is 1.50 bits per heavy atom. The van der Waals surface area contributed by atoms with Gasteiger partial charge in [0.15, 0.2) is 0 Å². The van der Waals surface area contributed by atoms with Gasteiger partial charge in [0, 0.05) is 18.6 Å². The maximum absolute atomic E-state index is 11.7. The van der Waals surface area contributed by atoms with E-state index in [4.69, 9.17) is 4.84 Å². The van der Waals surface area contributed by atoms with Gasteiger partial charge in [-0.1, -0.05) is 12.2 Å². The molecule has 0 saturated carbocycles. The van der Waals surface area contributed by atoms with Gasteiger partial charge in [0.25, 0.3) is 0 Å². The van der Waals surface area contributed by atoms with Gasteiger partial charge in [-0.3, -0.25) is 4.98 Å². The predicted molar refractivity (Wildman–Crippen MR) is 59.2 cm³/mol. The molecule has 0 fully saturated rings. The Morgan fingerprint density at radius 2 is 2.38 bits per heavy atom. The maximum Gasteiger partial charge on any atom is 0.364 e. The van der Waals surface area contributed by atoms with Crippen molar-refractivity contribution in [3.8, 4) is 0 Å². The summed E-state index contributed by atoms with van der Waals surface area (Å²) in [6.45, 7) is 1.94. The van der Waals surface area contributed by atoms with Crippen molar-refractivity contribution in [2.45, 2.75) is 13.0 Å². The molecular weight excluding hydrogens is 204 g/mol. The first-order valence-corrected chi connectivity index (χ1v) is 5.03. The molecule has 4 nitrogen and oxygen atoms in total. The molecule has 0 spiro atoms. The van der Waals surface area contributed by atoms with Crippen molar-refractivity contribution in [1.82, 2.24) is 10.0 Å². The van der Waals surface area contributed by atoms with Crippen molar-refractivity contribution in [2.75, 3.05) is 0 Å². The lowest BCUT2D eigenvalue weighted by atomic mass is 10.2. The fourth-order valence-corrected chi connectivity index (χ4v) is 1.33. The third kappa shape index (κ3) is 2.28. The van der Waals surface area contributed by atoms with Gasteiger partial charge in [0.1, 0.15) is 0 Å². The number of hydroxylamine groups is 2. The van der Waals surface area contributed by atoms with E-state index in [0.29, 0.717) is 5.56 Å². The number of aromatic nitrogens is 1. The van der Waals surface area contributed by atoms with Gasteiger partial charge in [0.05, 0.1) is 11.6 Å². The lowest BCUT2D eigenvalue weighted by Gasteiger charge is -2.25. The highest BCUT2D eigenvalue weighted by molar-refractivity contribution is 5.88. The van der Waals surface area contributed by atoms with Crippen molar-refractivity contribution < 1.29 is 9.63 Å². The first-order chi connectivity index (χ1) is 7.77. The number of hydrogen-bond donors (Lipinski definition) is 0. The highest BCUT2D eigenvalue weighted by Gasteiger charge is 2.16. The highest BCUT2D eigenvalue weighted by Crippen LogP contribution is 2.10. The third-order valence-corrected chi connectivity index (χ3v) is 2.22. The number of carbonyl (C=O) groups is 1. The number of rotatable bonds is 2. The Morgan fingerprint density at radius 3 is 3.06 bits per heavy atom. The van der Waals surface area contributed by atoms with E-state index in [2.05, 4.69) is 4.98 Å². The molecule has 1 aromatic heterocycles. The molecule has 0 bridgehead atoms. The topological polar surface area (TPSA) is 42.4 Å². The van der Waals surface area contributed by atoms with Crippen LogP contribution in [0.15, 0.2) is 49.0 Å². The molecule has 0 aromatic carbocycles. The monoisotopic (exact) mass is 216 g/mol. The molecule has 2 heterocycles. The molecule has 0 radical (unpaired) electrons. The molecule has 1 aliphatic heterocycles. The summed E-state index contributed by atoms with van der Waals surface area (Å²) in [7, 11) is 0. The lowest BCUT2D eigenvalue weighted by molar-refractivity contribution is -0.0869. The van der Waals surface area contributed by atoms with E-state index >= 15 is 0 Å². The predicted octanol–water partition coefficient (Wildman–Crippen LogP) is 1.93. The summed E-state index contributed by atoms with van der Waals surface area (Å²) < 4.78 is 0. The SMILES string of the molecule is CC1C=CC=CN1OC(=O)c1cccnc1. The number of allylic oxidation sites excluding steroid dienone is 2. The highest BCUT2D eigenvalue weighted by atomic mass is 16.7. The first kappa shape index (κ1) is 10.4. The van der Waals surface area contributed by atoms with Crippen LogP contribution in [0.25, 0.3) is 0 Å². The molecule has 0 N–H and O–H groups in total. The van der Waals surface area contributed by atoms with E-state index in [1.807, 2.05) is 25.2 Å². The van der Waals surface area contributed by atoms with Crippen LogP contribution in [0.3, 0.4) is 0 Å². The van der Waals surface area contributed by atoms with Crippen LogP contribution in [0.4, 0.5) is 0 Å². The van der Waals surface area contributed by atoms with E-state index in [0.717, 1.165) is 0 Å². The average molecular weight is 216 g/mol. The summed E-state index contributed by atoms with van der Waals surface area (Å²) >= 11 is 0. The normalized spacial score (nSPS) is 18.6. The minimum absolute atomic E-state index is 0.0469. The summed E-state index contributed by atoms with van der Waals surface area (Å²) in [5.41, 5.74) is 0.442. The third-order valence-electron chi connectivity index (χ3n) is 2.22. The molecule has 0 saturated heterocycles. The molecule has 1 aromatic rings. The van der Waals surface area contributed by atoms with Gasteiger partial charge in [0.2, 0.25) is 0 Å². The Kier molecular flexibility index (Phi) is 3.00. The molecule has 1 aliphatic rings. The molecule has 2 rings (SSSR count). The van der Waals surface area contributed by atoms with Crippen LogP contribution in [0.5, 0.6) is 0 Å². The Balaban J connectivity index is 2.03. The Hall–Kier alpha value is -2.10. The van der Waals surface area contributed by atoms with Gasteiger partial charge in [-0.05, 0) is 25.1 Å². The maximum atomic E-state index is 11.7. The molecule has 16 heavy (non-hydrogen) atoms. The molecule has 0 amide bonds. The zero-order valence-electron chi connectivity index (χ0n) is 8.91. The first-order valence-electron chi connectivity index (χ1n) is 5.03. The van der Waals surface area contributed by atoms with Crippen molar-refractivity contribution in [3.63, 3.8) is 0 Å². The minimum atomic E-state index is -0.403. The molecule has 4 heteroatoms. The second-order valence-electron chi connectivity index (χ2n) is 3.45. The van der Waals surface area contributed by atoms with Crippen molar-refractivity contribution in [3.05, 3.63) is 54.5 Å². The summed E-state index contributed by atoms with van der Waals surface area (Å²) in [6.07, 6.45) is 10.5. The van der Waals surface area contributed by atoms with E-state index in [-0.39, 0.29) is 6.04 Å². The van der Waals surface area contributed by atoms with Crippen molar-refractivity contribution in [2.24, 2.45) is 0 Å². The van der Waals surface area contributed by atoms with Gasteiger partial charge >= 0.3 is 5.97 Å². The number of carbonyl (C=O) groups excluding carboxylic acids is 1. The van der Waals surface area contributed by atoms with E-state index in [9.17, 15) is 4.79 Å². The minimum Gasteiger partial charge on any atom is -0.335 e. The number of pyridine rings is 1. The second-order valence-corrected chi connectivity index (χ2v) is 3.45. The van der Waals surface area contributed by atoms with Crippen molar-refractivity contribution >= 4 is 5.97 Å². The largest absolute Gasteiger partial charge is 0.364 e. The Bertz CT molecular complexity index is 426. The van der Waals surface area contributed by atoms with Crippen LogP contribution in [-0.2, 0) is 4.84 Å². The number of nitrogens with zero attached hydrogens (tertiary/aromatic N) is 2. The van der Waals surface area contributed by atoms with E-state index < -0.39 is 5.97 Å². The van der Waals surface area contributed by atoms with Crippen LogP contribution in [0.1, 0.15) is 17.3 Å². The van der Waals surface area contributed by atoms with E-state index in [1.54, 1.807) is 24.5 Å². The van der Waals surface area contributed by atoms with Gasteiger partial charge in [-0.25, -0.2) is 9.86 Å². The van der Waals surface area contributed by atoms with Crippen molar-refractivity contribution in [1.29, 1.82) is 0 Å². The van der Waals surface area contributed by atoms with Crippen LogP contribution < -0.4 is 0 Å². The van der Waals surface area contributed by atoms with Gasteiger partial charge in [-0.15, -0.1) is 0 Å².